The van der Waals surface area contributed by atoms with Gasteiger partial charge in [0.2, 0.25) is 0 Å². The molecule has 0 unspecified atom stereocenters. The molecule has 0 atom stereocenters. The number of hydrogen-bond donors (Lipinski definition) is 2. The Morgan fingerprint density at radius 2 is 2.12 bits per heavy atom. The molecule has 1 aromatic heterocycles. The van der Waals surface area contributed by atoms with Gasteiger partial charge in [-0.05, 0) is 36.6 Å². The maximum atomic E-state index is 12.4. The van der Waals surface area contributed by atoms with Gasteiger partial charge in [0.15, 0.2) is 5.13 Å². The van der Waals surface area contributed by atoms with Crippen LogP contribution >= 0.6 is 11.3 Å². The van der Waals surface area contributed by atoms with E-state index >= 15 is 0 Å². The molecule has 4 rings (SSSR count). The lowest BCUT2D eigenvalue weighted by Gasteiger charge is -2.36. The predicted molar refractivity (Wildman–Crippen MR) is 104 cm³/mol. The largest absolute Gasteiger partial charge is 0.379 e. The molecule has 0 saturated heterocycles. The first kappa shape index (κ1) is 15.8. The number of carbonyl (C=O) groups is 1. The van der Waals surface area contributed by atoms with Crippen LogP contribution in [0.25, 0.3) is 16.5 Å². The van der Waals surface area contributed by atoms with Crippen LogP contribution in [0.1, 0.15) is 25.0 Å². The number of nitrogens with one attached hydrogen (secondary N) is 2. The number of fused-ring (bicyclic) bond motifs is 3. The number of nitrogens with zero attached hydrogens (tertiary/aromatic N) is 1. The van der Waals surface area contributed by atoms with E-state index in [0.29, 0.717) is 5.13 Å². The number of carbonyl (C=O) groups excluding carboxylic acids is 1. The summed E-state index contributed by atoms with van der Waals surface area (Å²) in [5, 5.41) is 11.2. The molecule has 126 valence electrons. The van der Waals surface area contributed by atoms with Gasteiger partial charge in [0.1, 0.15) is 0 Å². The number of anilines is 1. The van der Waals surface area contributed by atoms with Crippen LogP contribution in [0.3, 0.4) is 0 Å². The molecule has 3 aromatic rings. The predicted octanol–water partition coefficient (Wildman–Crippen LogP) is 4.20. The topological polar surface area (TPSA) is 54.0 Å². The third-order valence-electron chi connectivity index (χ3n) is 4.36. The Morgan fingerprint density at radius 1 is 1.28 bits per heavy atom. The van der Waals surface area contributed by atoms with Crippen molar-refractivity contribution in [2.45, 2.75) is 25.8 Å². The van der Waals surface area contributed by atoms with Gasteiger partial charge in [-0.15, -0.1) is 11.3 Å². The average molecular weight is 349 g/mol. The SMILES string of the molecule is CC1(C)Cc2c(ccc3ccccc23)C(=CC(=O)Nc2nccs2)N1. The van der Waals surface area contributed by atoms with E-state index in [2.05, 4.69) is 65.9 Å². The van der Waals surface area contributed by atoms with Crippen LogP contribution in [-0.2, 0) is 11.2 Å². The van der Waals surface area contributed by atoms with Gasteiger partial charge < -0.3 is 5.32 Å². The summed E-state index contributed by atoms with van der Waals surface area (Å²) in [6, 6.07) is 12.6. The van der Waals surface area contributed by atoms with Crippen LogP contribution in [0.5, 0.6) is 0 Å². The number of hydrogen-bond acceptors (Lipinski definition) is 4. The Morgan fingerprint density at radius 3 is 2.92 bits per heavy atom. The third kappa shape index (κ3) is 3.15. The molecule has 0 spiro atoms. The van der Waals surface area contributed by atoms with Crippen LogP contribution in [0.15, 0.2) is 54.1 Å². The van der Waals surface area contributed by atoms with Crippen molar-refractivity contribution in [2.24, 2.45) is 0 Å². The van der Waals surface area contributed by atoms with E-state index in [9.17, 15) is 4.79 Å². The Kier molecular flexibility index (Phi) is 3.81. The van der Waals surface area contributed by atoms with Crippen molar-refractivity contribution in [1.82, 2.24) is 10.3 Å². The van der Waals surface area contributed by atoms with Crippen molar-refractivity contribution in [3.8, 4) is 0 Å². The molecule has 25 heavy (non-hydrogen) atoms. The summed E-state index contributed by atoms with van der Waals surface area (Å²) in [6.07, 6.45) is 4.22. The normalized spacial score (nSPS) is 17.1. The maximum absolute atomic E-state index is 12.4. The fraction of sp³-hybridized carbons (Fsp3) is 0.200. The van der Waals surface area contributed by atoms with Crippen molar-refractivity contribution >= 4 is 38.8 Å². The van der Waals surface area contributed by atoms with Crippen LogP contribution < -0.4 is 10.6 Å². The van der Waals surface area contributed by atoms with Gasteiger partial charge >= 0.3 is 0 Å². The van der Waals surface area contributed by atoms with Gasteiger partial charge in [-0.25, -0.2) is 4.98 Å². The number of amides is 1. The molecular formula is C20H19N3OS. The number of benzene rings is 2. The molecule has 1 aliphatic rings. The molecule has 4 nitrogen and oxygen atoms in total. The molecule has 0 bridgehead atoms. The van der Waals surface area contributed by atoms with Gasteiger partial charge in [-0.1, -0.05) is 36.4 Å². The number of thiazole rings is 1. The summed E-state index contributed by atoms with van der Waals surface area (Å²) in [5.41, 5.74) is 3.11. The van der Waals surface area contributed by atoms with E-state index < -0.39 is 0 Å². The first-order chi connectivity index (χ1) is 12.0. The smallest absolute Gasteiger partial charge is 0.252 e. The van der Waals surface area contributed by atoms with Gasteiger partial charge in [-0.3, -0.25) is 10.1 Å². The van der Waals surface area contributed by atoms with Gasteiger partial charge in [0.05, 0.1) is 0 Å². The van der Waals surface area contributed by atoms with Crippen molar-refractivity contribution in [3.05, 3.63) is 65.2 Å². The summed E-state index contributed by atoms with van der Waals surface area (Å²) in [6.45, 7) is 4.31. The number of rotatable bonds is 2. The second-order valence-corrected chi connectivity index (χ2v) is 7.78. The third-order valence-corrected chi connectivity index (χ3v) is 5.05. The van der Waals surface area contributed by atoms with E-state index in [1.54, 1.807) is 12.3 Å². The standard InChI is InChI=1S/C20H19N3OS/c1-20(2)12-16-14-6-4-3-5-13(14)7-8-15(16)17(23-20)11-18(24)22-19-21-9-10-25-19/h3-11,23H,12H2,1-2H3,(H,21,22,24). The molecule has 5 heteroatoms. The molecule has 2 aromatic carbocycles. The highest BCUT2D eigenvalue weighted by molar-refractivity contribution is 7.13. The van der Waals surface area contributed by atoms with Crippen LogP contribution in [0.4, 0.5) is 5.13 Å². The van der Waals surface area contributed by atoms with Crippen molar-refractivity contribution in [3.63, 3.8) is 0 Å². The summed E-state index contributed by atoms with van der Waals surface area (Å²) < 4.78 is 0. The Bertz CT molecular complexity index is 974. The summed E-state index contributed by atoms with van der Waals surface area (Å²) in [5.74, 6) is -0.172. The van der Waals surface area contributed by atoms with E-state index in [1.807, 2.05) is 5.38 Å². The van der Waals surface area contributed by atoms with E-state index in [4.69, 9.17) is 0 Å². The molecular weight excluding hydrogens is 330 g/mol. The molecule has 0 aliphatic carbocycles. The Balaban J connectivity index is 1.78. The van der Waals surface area contributed by atoms with Crippen molar-refractivity contribution < 1.29 is 4.79 Å². The zero-order valence-corrected chi connectivity index (χ0v) is 15.0. The van der Waals surface area contributed by atoms with Gasteiger partial charge in [0.25, 0.3) is 5.91 Å². The molecule has 0 saturated carbocycles. The zero-order valence-electron chi connectivity index (χ0n) is 14.2. The van der Waals surface area contributed by atoms with E-state index in [-0.39, 0.29) is 11.4 Å². The second kappa shape index (κ2) is 6.01. The molecule has 2 N–H and O–H groups in total. The van der Waals surface area contributed by atoms with Gasteiger partial charge in [-0.2, -0.15) is 0 Å². The molecule has 1 amide bonds. The monoisotopic (exact) mass is 349 g/mol. The quantitative estimate of drug-likeness (QED) is 0.682. The minimum atomic E-state index is -0.172. The fourth-order valence-electron chi connectivity index (χ4n) is 3.37. The molecule has 0 fully saturated rings. The summed E-state index contributed by atoms with van der Waals surface area (Å²) >= 11 is 1.41. The maximum Gasteiger partial charge on any atom is 0.252 e. The Hall–Kier alpha value is -2.66. The Labute approximate surface area is 150 Å². The van der Waals surface area contributed by atoms with Crippen molar-refractivity contribution in [2.75, 3.05) is 5.32 Å². The summed E-state index contributed by atoms with van der Waals surface area (Å²) in [4.78, 5) is 16.5. The molecule has 0 radical (unpaired) electrons. The number of aromatic nitrogens is 1. The highest BCUT2D eigenvalue weighted by Crippen LogP contribution is 2.34. The highest BCUT2D eigenvalue weighted by atomic mass is 32.1. The first-order valence-electron chi connectivity index (χ1n) is 8.23. The fourth-order valence-corrected chi connectivity index (χ4v) is 3.90. The van der Waals surface area contributed by atoms with Crippen molar-refractivity contribution in [1.29, 1.82) is 0 Å². The molecule has 2 heterocycles. The average Bonchev–Trinajstić information content (AvgIpc) is 3.06. The van der Waals surface area contributed by atoms with Crippen LogP contribution in [0, 0.1) is 0 Å². The lowest BCUT2D eigenvalue weighted by molar-refractivity contribution is -0.111. The second-order valence-electron chi connectivity index (χ2n) is 6.88. The van der Waals surface area contributed by atoms with Crippen LogP contribution in [0.2, 0.25) is 0 Å². The van der Waals surface area contributed by atoms with Gasteiger partial charge in [0, 0.05) is 34.5 Å². The highest BCUT2D eigenvalue weighted by Gasteiger charge is 2.29. The lowest BCUT2D eigenvalue weighted by Crippen LogP contribution is -2.44. The van der Waals surface area contributed by atoms with E-state index in [1.165, 1.54) is 27.7 Å². The first-order valence-corrected chi connectivity index (χ1v) is 9.11. The minimum Gasteiger partial charge on any atom is -0.379 e. The van der Waals surface area contributed by atoms with Crippen LogP contribution in [-0.4, -0.2) is 16.4 Å². The van der Waals surface area contributed by atoms with E-state index in [0.717, 1.165) is 17.7 Å². The summed E-state index contributed by atoms with van der Waals surface area (Å²) in [7, 11) is 0. The lowest BCUT2D eigenvalue weighted by atomic mass is 9.83. The minimum absolute atomic E-state index is 0.121. The zero-order chi connectivity index (χ0) is 17.4. The molecule has 1 aliphatic heterocycles.